The number of morpholine rings is 1. The molecule has 0 aliphatic carbocycles. The molecule has 7 heteroatoms. The van der Waals surface area contributed by atoms with Gasteiger partial charge >= 0.3 is 5.97 Å². The summed E-state index contributed by atoms with van der Waals surface area (Å²) >= 11 is 0. The normalized spacial score (nSPS) is 13.9. The van der Waals surface area contributed by atoms with Crippen molar-refractivity contribution < 1.29 is 23.5 Å². The quantitative estimate of drug-likeness (QED) is 0.773. The Bertz CT molecular complexity index is 833. The monoisotopic (exact) mass is 386 g/mol. The molecule has 0 atom stereocenters. The maximum Gasteiger partial charge on any atom is 0.340 e. The van der Waals surface area contributed by atoms with E-state index in [0.717, 1.165) is 24.3 Å². The second-order valence-corrected chi connectivity index (χ2v) is 6.50. The fourth-order valence-electron chi connectivity index (χ4n) is 3.06. The summed E-state index contributed by atoms with van der Waals surface area (Å²) in [7, 11) is 1.31. The van der Waals surface area contributed by atoms with Gasteiger partial charge in [-0.25, -0.2) is 9.18 Å². The van der Waals surface area contributed by atoms with Gasteiger partial charge in [0.05, 0.1) is 31.6 Å². The summed E-state index contributed by atoms with van der Waals surface area (Å²) < 4.78 is 23.2. The molecule has 1 heterocycles. The fourth-order valence-corrected chi connectivity index (χ4v) is 3.06. The maximum atomic E-state index is 13.0. The number of nitrogens with one attached hydrogen (secondary N) is 1. The average molecular weight is 386 g/mol. The van der Waals surface area contributed by atoms with Crippen molar-refractivity contribution in [3.8, 4) is 0 Å². The van der Waals surface area contributed by atoms with Crippen LogP contribution >= 0.6 is 0 Å². The molecule has 1 N–H and O–H groups in total. The average Bonchev–Trinajstić information content (AvgIpc) is 2.73. The van der Waals surface area contributed by atoms with Gasteiger partial charge in [-0.15, -0.1) is 0 Å². The van der Waals surface area contributed by atoms with Crippen molar-refractivity contribution in [3.63, 3.8) is 0 Å². The first kappa shape index (κ1) is 19.8. The number of ether oxygens (including phenoxy) is 2. The molecule has 2 aromatic rings. The minimum absolute atomic E-state index is 0.220. The first-order chi connectivity index (χ1) is 13.6. The standard InChI is InChI=1S/C21H23FN2O4/c1-27-21(26)18-14-17(24-10-12-28-13-11-24)7-8-19(18)23-20(25)9-4-15-2-5-16(22)6-3-15/h2-3,5-8,14H,4,9-13H2,1H3,(H,23,25). The topological polar surface area (TPSA) is 67.9 Å². The summed E-state index contributed by atoms with van der Waals surface area (Å²) in [5.74, 6) is -1.05. The van der Waals surface area contributed by atoms with Gasteiger partial charge in [-0.2, -0.15) is 0 Å². The molecule has 3 rings (SSSR count). The van der Waals surface area contributed by atoms with Crippen LogP contribution in [0.5, 0.6) is 0 Å². The molecule has 0 spiro atoms. The molecule has 1 fully saturated rings. The highest BCUT2D eigenvalue weighted by molar-refractivity contribution is 6.02. The Kier molecular flexibility index (Phi) is 6.60. The molecule has 6 nitrogen and oxygen atoms in total. The summed E-state index contributed by atoms with van der Waals surface area (Å²) in [6, 6.07) is 11.4. The molecule has 1 saturated heterocycles. The van der Waals surface area contributed by atoms with Crippen molar-refractivity contribution in [3.05, 3.63) is 59.4 Å². The number of anilines is 2. The lowest BCUT2D eigenvalue weighted by molar-refractivity contribution is -0.116. The van der Waals surface area contributed by atoms with E-state index in [1.54, 1.807) is 24.3 Å². The zero-order valence-electron chi connectivity index (χ0n) is 15.7. The molecule has 0 bridgehead atoms. The van der Waals surface area contributed by atoms with E-state index in [1.807, 2.05) is 6.07 Å². The number of hydrogen-bond donors (Lipinski definition) is 1. The highest BCUT2D eigenvalue weighted by Crippen LogP contribution is 2.25. The summed E-state index contributed by atoms with van der Waals surface area (Å²) in [6.45, 7) is 2.75. The van der Waals surface area contributed by atoms with Gasteiger partial charge in [0, 0.05) is 25.2 Å². The van der Waals surface area contributed by atoms with Gasteiger partial charge in [0.15, 0.2) is 0 Å². The first-order valence-corrected chi connectivity index (χ1v) is 9.16. The van der Waals surface area contributed by atoms with Crippen LogP contribution < -0.4 is 10.2 Å². The van der Waals surface area contributed by atoms with Crippen molar-refractivity contribution in [1.82, 2.24) is 0 Å². The molecular weight excluding hydrogens is 363 g/mol. The molecule has 0 saturated carbocycles. The number of benzene rings is 2. The van der Waals surface area contributed by atoms with Crippen molar-refractivity contribution in [2.24, 2.45) is 0 Å². The summed E-state index contributed by atoms with van der Waals surface area (Å²) in [5, 5.41) is 2.78. The van der Waals surface area contributed by atoms with E-state index >= 15 is 0 Å². The minimum atomic E-state index is -0.510. The highest BCUT2D eigenvalue weighted by Gasteiger charge is 2.18. The van der Waals surface area contributed by atoms with Crippen molar-refractivity contribution in [1.29, 1.82) is 0 Å². The van der Waals surface area contributed by atoms with Crippen LogP contribution in [0.25, 0.3) is 0 Å². The molecule has 1 aliphatic heterocycles. The molecule has 148 valence electrons. The zero-order chi connectivity index (χ0) is 19.9. The Labute approximate surface area is 163 Å². The van der Waals surface area contributed by atoms with Crippen LogP contribution in [0.2, 0.25) is 0 Å². The third kappa shape index (κ3) is 5.07. The van der Waals surface area contributed by atoms with Gasteiger partial charge in [-0.05, 0) is 42.3 Å². The van der Waals surface area contributed by atoms with Crippen LogP contribution in [-0.4, -0.2) is 45.3 Å². The number of amides is 1. The van der Waals surface area contributed by atoms with Crippen LogP contribution in [0.15, 0.2) is 42.5 Å². The van der Waals surface area contributed by atoms with Crippen LogP contribution in [0, 0.1) is 5.82 Å². The van der Waals surface area contributed by atoms with Crippen LogP contribution in [-0.2, 0) is 20.7 Å². The van der Waals surface area contributed by atoms with E-state index in [9.17, 15) is 14.0 Å². The highest BCUT2D eigenvalue weighted by atomic mass is 19.1. The van der Waals surface area contributed by atoms with Gasteiger partial charge in [-0.3, -0.25) is 4.79 Å². The lowest BCUT2D eigenvalue weighted by Gasteiger charge is -2.29. The summed E-state index contributed by atoms with van der Waals surface area (Å²) in [4.78, 5) is 26.7. The molecule has 2 aromatic carbocycles. The predicted molar refractivity (Wildman–Crippen MR) is 104 cm³/mol. The summed E-state index contributed by atoms with van der Waals surface area (Å²) in [6.07, 6.45) is 0.697. The third-order valence-corrected chi connectivity index (χ3v) is 4.61. The number of rotatable bonds is 6. The molecule has 0 unspecified atom stereocenters. The van der Waals surface area contributed by atoms with Gasteiger partial charge in [0.2, 0.25) is 5.91 Å². The van der Waals surface area contributed by atoms with Gasteiger partial charge in [-0.1, -0.05) is 12.1 Å². The van der Waals surface area contributed by atoms with Crippen LogP contribution in [0.4, 0.5) is 15.8 Å². The molecule has 0 radical (unpaired) electrons. The van der Waals surface area contributed by atoms with Crippen molar-refractivity contribution >= 4 is 23.3 Å². The number of halogens is 1. The second kappa shape index (κ2) is 9.32. The summed E-state index contributed by atoms with van der Waals surface area (Å²) in [5.41, 5.74) is 2.47. The largest absolute Gasteiger partial charge is 0.465 e. The van der Waals surface area contributed by atoms with Crippen molar-refractivity contribution in [2.75, 3.05) is 43.6 Å². The van der Waals surface area contributed by atoms with Gasteiger partial charge in [0.1, 0.15) is 5.82 Å². The zero-order valence-corrected chi connectivity index (χ0v) is 15.7. The van der Waals surface area contributed by atoms with E-state index in [2.05, 4.69) is 10.2 Å². The third-order valence-electron chi connectivity index (χ3n) is 4.61. The lowest BCUT2D eigenvalue weighted by atomic mass is 10.1. The Balaban J connectivity index is 1.69. The Hall–Kier alpha value is -2.93. The number of esters is 1. The Morgan fingerprint density at radius 3 is 2.54 bits per heavy atom. The Morgan fingerprint density at radius 2 is 1.86 bits per heavy atom. The number of hydrogen-bond acceptors (Lipinski definition) is 5. The fraction of sp³-hybridized carbons (Fsp3) is 0.333. The van der Waals surface area contributed by atoms with Gasteiger partial charge in [0.25, 0.3) is 0 Å². The van der Waals surface area contributed by atoms with E-state index in [1.165, 1.54) is 19.2 Å². The van der Waals surface area contributed by atoms with Gasteiger partial charge < -0.3 is 19.7 Å². The predicted octanol–water partition coefficient (Wildman–Crippen LogP) is 3.02. The second-order valence-electron chi connectivity index (χ2n) is 6.50. The van der Waals surface area contributed by atoms with Crippen LogP contribution in [0.1, 0.15) is 22.3 Å². The SMILES string of the molecule is COC(=O)c1cc(N2CCOCC2)ccc1NC(=O)CCc1ccc(F)cc1. The molecular formula is C21H23FN2O4. The molecule has 28 heavy (non-hydrogen) atoms. The minimum Gasteiger partial charge on any atom is -0.465 e. The maximum absolute atomic E-state index is 13.0. The van der Waals surface area contributed by atoms with Crippen molar-refractivity contribution in [2.45, 2.75) is 12.8 Å². The van der Waals surface area contributed by atoms with Crippen LogP contribution in [0.3, 0.4) is 0 Å². The van der Waals surface area contributed by atoms with E-state index in [4.69, 9.17) is 9.47 Å². The van der Waals surface area contributed by atoms with E-state index in [0.29, 0.717) is 30.9 Å². The lowest BCUT2D eigenvalue weighted by Crippen LogP contribution is -2.36. The van der Waals surface area contributed by atoms with E-state index < -0.39 is 5.97 Å². The smallest absolute Gasteiger partial charge is 0.340 e. The number of carbonyl (C=O) groups is 2. The molecule has 1 aliphatic rings. The number of aryl methyl sites for hydroxylation is 1. The molecule has 0 aromatic heterocycles. The Morgan fingerprint density at radius 1 is 1.14 bits per heavy atom. The number of methoxy groups -OCH3 is 1. The molecule has 1 amide bonds. The number of carbonyl (C=O) groups excluding carboxylic acids is 2. The first-order valence-electron chi connectivity index (χ1n) is 9.16. The number of nitrogens with zero attached hydrogens (tertiary/aromatic N) is 1. The van der Waals surface area contributed by atoms with E-state index in [-0.39, 0.29) is 18.1 Å².